The number of aromatic nitrogens is 2. The van der Waals surface area contributed by atoms with Crippen molar-refractivity contribution in [3.05, 3.63) is 100.0 Å². The molecule has 2 heterocycles. The van der Waals surface area contributed by atoms with Crippen LogP contribution in [0, 0.1) is 11.3 Å². The molecule has 0 atom stereocenters. The summed E-state index contributed by atoms with van der Waals surface area (Å²) in [5.41, 5.74) is 1.16. The highest BCUT2D eigenvalue weighted by molar-refractivity contribution is 6.09. The summed E-state index contributed by atoms with van der Waals surface area (Å²) < 4.78 is 12.4. The maximum Gasteiger partial charge on any atom is 0.269 e. The first-order valence-corrected chi connectivity index (χ1v) is 10.9. The van der Waals surface area contributed by atoms with E-state index in [0.717, 1.165) is 12.0 Å². The summed E-state index contributed by atoms with van der Waals surface area (Å²) in [5.74, 6) is 0.333. The molecule has 4 rings (SSSR count). The first-order valence-electron chi connectivity index (χ1n) is 10.9. The van der Waals surface area contributed by atoms with Gasteiger partial charge >= 0.3 is 0 Å². The summed E-state index contributed by atoms with van der Waals surface area (Å²) in [6.45, 7) is 2.05. The second-order valence-corrected chi connectivity index (χ2v) is 7.52. The Kier molecular flexibility index (Phi) is 6.88. The average molecular weight is 466 g/mol. The number of hydrogen-bond donors (Lipinski definition) is 1. The van der Waals surface area contributed by atoms with Gasteiger partial charge in [-0.3, -0.25) is 14.0 Å². The number of methoxy groups -OCH3 is 1. The standard InChI is InChI=1S/C27H22N4O4/c1-3-18-10-12-21(13-11-18)35-26-23(27(33)31-14-5-4-9-24(31)30-26)15-19(17-28)25(32)29-20-7-6-8-22(16-20)34-2/h4-16H,3H2,1-2H3,(H,29,32)/b19-15-. The van der Waals surface area contributed by atoms with Gasteiger partial charge in [0.15, 0.2) is 0 Å². The Hall–Kier alpha value is -4.90. The van der Waals surface area contributed by atoms with E-state index >= 15 is 0 Å². The number of aryl methyl sites for hydroxylation is 1. The summed E-state index contributed by atoms with van der Waals surface area (Å²) in [5, 5.41) is 12.4. The van der Waals surface area contributed by atoms with Crippen molar-refractivity contribution in [1.82, 2.24) is 9.38 Å². The minimum absolute atomic E-state index is 0.00706. The van der Waals surface area contributed by atoms with Gasteiger partial charge in [0.05, 0.1) is 7.11 Å². The predicted molar refractivity (Wildman–Crippen MR) is 133 cm³/mol. The van der Waals surface area contributed by atoms with Gasteiger partial charge in [0.1, 0.15) is 34.4 Å². The zero-order valence-corrected chi connectivity index (χ0v) is 19.2. The van der Waals surface area contributed by atoms with Crippen molar-refractivity contribution in [1.29, 1.82) is 5.26 Å². The molecule has 0 bridgehead atoms. The highest BCUT2D eigenvalue weighted by Crippen LogP contribution is 2.25. The summed E-state index contributed by atoms with van der Waals surface area (Å²) in [7, 11) is 1.51. The van der Waals surface area contributed by atoms with Gasteiger partial charge in [-0.05, 0) is 54.5 Å². The van der Waals surface area contributed by atoms with Crippen LogP contribution in [0.2, 0.25) is 0 Å². The monoisotopic (exact) mass is 466 g/mol. The largest absolute Gasteiger partial charge is 0.497 e. The Morgan fingerprint density at radius 3 is 2.63 bits per heavy atom. The van der Waals surface area contributed by atoms with Gasteiger partial charge in [-0.1, -0.05) is 31.2 Å². The van der Waals surface area contributed by atoms with Crippen LogP contribution in [0.1, 0.15) is 18.1 Å². The second-order valence-electron chi connectivity index (χ2n) is 7.52. The number of nitriles is 1. The van der Waals surface area contributed by atoms with E-state index < -0.39 is 11.5 Å². The number of fused-ring (bicyclic) bond motifs is 1. The number of carbonyl (C=O) groups is 1. The summed E-state index contributed by atoms with van der Waals surface area (Å²) in [6, 6.07) is 21.1. The molecule has 0 radical (unpaired) electrons. The molecule has 1 amide bonds. The predicted octanol–water partition coefficient (Wildman–Crippen LogP) is 4.60. The molecule has 2 aromatic heterocycles. The van der Waals surface area contributed by atoms with Crippen LogP contribution in [-0.4, -0.2) is 22.4 Å². The number of ether oxygens (including phenoxy) is 2. The van der Waals surface area contributed by atoms with E-state index in [-0.39, 0.29) is 17.0 Å². The number of hydrogen-bond acceptors (Lipinski definition) is 6. The summed E-state index contributed by atoms with van der Waals surface area (Å²) in [6.07, 6.45) is 3.63. The first-order chi connectivity index (χ1) is 17.0. The van der Waals surface area contributed by atoms with Crippen molar-refractivity contribution in [2.24, 2.45) is 0 Å². The Morgan fingerprint density at radius 2 is 1.91 bits per heavy atom. The van der Waals surface area contributed by atoms with Crippen molar-refractivity contribution in [3.8, 4) is 23.4 Å². The number of rotatable bonds is 7. The van der Waals surface area contributed by atoms with Crippen LogP contribution in [0.25, 0.3) is 11.7 Å². The molecule has 35 heavy (non-hydrogen) atoms. The second kappa shape index (κ2) is 10.4. The summed E-state index contributed by atoms with van der Waals surface area (Å²) in [4.78, 5) is 30.6. The summed E-state index contributed by atoms with van der Waals surface area (Å²) >= 11 is 0. The normalized spacial score (nSPS) is 11.1. The van der Waals surface area contributed by atoms with Crippen LogP contribution < -0.4 is 20.3 Å². The van der Waals surface area contributed by atoms with Gasteiger partial charge in [0.25, 0.3) is 11.5 Å². The fourth-order valence-electron chi connectivity index (χ4n) is 3.38. The lowest BCUT2D eigenvalue weighted by molar-refractivity contribution is -0.112. The fourth-order valence-corrected chi connectivity index (χ4v) is 3.38. The van der Waals surface area contributed by atoms with Crippen molar-refractivity contribution < 1.29 is 14.3 Å². The molecule has 2 aromatic carbocycles. The molecule has 174 valence electrons. The maximum absolute atomic E-state index is 13.3. The third kappa shape index (κ3) is 5.20. The topological polar surface area (TPSA) is 106 Å². The molecule has 1 N–H and O–H groups in total. The van der Waals surface area contributed by atoms with E-state index in [1.54, 1.807) is 60.8 Å². The van der Waals surface area contributed by atoms with Crippen LogP contribution in [0.5, 0.6) is 17.4 Å². The number of carbonyl (C=O) groups excluding carboxylic acids is 1. The number of amides is 1. The molecule has 0 spiro atoms. The van der Waals surface area contributed by atoms with Crippen molar-refractivity contribution in [3.63, 3.8) is 0 Å². The Balaban J connectivity index is 1.76. The van der Waals surface area contributed by atoms with Crippen LogP contribution in [-0.2, 0) is 11.2 Å². The minimum atomic E-state index is -0.684. The number of anilines is 1. The molecular weight excluding hydrogens is 444 g/mol. The Morgan fingerprint density at radius 1 is 1.11 bits per heavy atom. The van der Waals surface area contributed by atoms with E-state index in [0.29, 0.717) is 22.8 Å². The van der Waals surface area contributed by atoms with Gasteiger partial charge in [-0.2, -0.15) is 10.2 Å². The van der Waals surface area contributed by atoms with E-state index in [1.807, 2.05) is 25.1 Å². The molecule has 0 aliphatic heterocycles. The third-order valence-electron chi connectivity index (χ3n) is 5.26. The Labute approximate surface area is 201 Å². The lowest BCUT2D eigenvalue weighted by Crippen LogP contribution is -2.20. The first kappa shape index (κ1) is 23.3. The van der Waals surface area contributed by atoms with Crippen LogP contribution >= 0.6 is 0 Å². The quantitative estimate of drug-likeness (QED) is 0.315. The van der Waals surface area contributed by atoms with Crippen LogP contribution in [0.4, 0.5) is 5.69 Å². The lowest BCUT2D eigenvalue weighted by atomic mass is 10.1. The number of nitrogens with one attached hydrogen (secondary N) is 1. The number of pyridine rings is 1. The Bertz CT molecular complexity index is 1520. The highest BCUT2D eigenvalue weighted by atomic mass is 16.5. The zero-order chi connectivity index (χ0) is 24.8. The van der Waals surface area contributed by atoms with Crippen LogP contribution in [0.3, 0.4) is 0 Å². The van der Waals surface area contributed by atoms with Gasteiger partial charge in [-0.25, -0.2) is 0 Å². The average Bonchev–Trinajstić information content (AvgIpc) is 2.89. The molecule has 8 nitrogen and oxygen atoms in total. The van der Waals surface area contributed by atoms with E-state index in [9.17, 15) is 14.9 Å². The maximum atomic E-state index is 13.3. The van der Waals surface area contributed by atoms with E-state index in [2.05, 4.69) is 10.3 Å². The van der Waals surface area contributed by atoms with Crippen molar-refractivity contribution in [2.75, 3.05) is 12.4 Å². The van der Waals surface area contributed by atoms with Crippen molar-refractivity contribution >= 4 is 23.3 Å². The lowest BCUT2D eigenvalue weighted by Gasteiger charge is -2.11. The molecule has 0 unspecified atom stereocenters. The SMILES string of the molecule is CCc1ccc(Oc2nc3ccccn3c(=O)c2/C=C(/C#N)C(=O)Nc2cccc(OC)c2)cc1. The molecule has 0 saturated heterocycles. The number of nitrogens with zero attached hydrogens (tertiary/aromatic N) is 3. The minimum Gasteiger partial charge on any atom is -0.497 e. The molecule has 0 aliphatic rings. The smallest absolute Gasteiger partial charge is 0.269 e. The van der Waals surface area contributed by atoms with Gasteiger partial charge < -0.3 is 14.8 Å². The van der Waals surface area contributed by atoms with Crippen LogP contribution in [0.15, 0.2) is 83.3 Å². The van der Waals surface area contributed by atoms with Crippen molar-refractivity contribution in [2.45, 2.75) is 13.3 Å². The van der Waals surface area contributed by atoms with Gasteiger partial charge in [-0.15, -0.1) is 0 Å². The number of benzene rings is 2. The molecular formula is C27H22N4O4. The molecule has 4 aromatic rings. The highest BCUT2D eigenvalue weighted by Gasteiger charge is 2.17. The van der Waals surface area contributed by atoms with Gasteiger partial charge in [0.2, 0.25) is 5.88 Å². The van der Waals surface area contributed by atoms with E-state index in [1.165, 1.54) is 17.6 Å². The molecule has 8 heteroatoms. The van der Waals surface area contributed by atoms with Gasteiger partial charge in [0, 0.05) is 18.0 Å². The third-order valence-corrected chi connectivity index (χ3v) is 5.26. The fraction of sp³-hybridized carbons (Fsp3) is 0.111. The van der Waals surface area contributed by atoms with E-state index in [4.69, 9.17) is 9.47 Å². The molecule has 0 saturated carbocycles. The zero-order valence-electron chi connectivity index (χ0n) is 19.2. The molecule has 0 aliphatic carbocycles. The molecule has 0 fully saturated rings.